The summed E-state index contributed by atoms with van der Waals surface area (Å²) in [6.45, 7) is 6.60. The number of carbonyl (C=O) groups excluding carboxylic acids is 1. The molecule has 1 aromatic rings. The van der Waals surface area contributed by atoms with Crippen LogP contribution in [0.25, 0.3) is 0 Å². The van der Waals surface area contributed by atoms with E-state index in [1.54, 1.807) is 0 Å². The number of amides is 1. The maximum absolute atomic E-state index is 11.4. The number of alkyl carbamates (subject to hydrolysis) is 1. The lowest BCUT2D eigenvalue weighted by Crippen LogP contribution is -2.28. The second kappa shape index (κ2) is 11.2. The van der Waals surface area contributed by atoms with E-state index in [2.05, 4.69) is 37.4 Å². The third-order valence-electron chi connectivity index (χ3n) is 5.45. The van der Waals surface area contributed by atoms with Crippen LogP contribution in [-0.2, 0) is 22.3 Å². The Morgan fingerprint density at radius 1 is 1.31 bits per heavy atom. The molecule has 1 N–H and O–H groups in total. The highest BCUT2D eigenvalue weighted by atomic mass is 16.5. The van der Waals surface area contributed by atoms with E-state index in [-0.39, 0.29) is 6.09 Å². The number of nitrogens with one attached hydrogen (secondary N) is 1. The van der Waals surface area contributed by atoms with E-state index in [0.717, 1.165) is 32.0 Å². The van der Waals surface area contributed by atoms with Gasteiger partial charge in [-0.2, -0.15) is 0 Å². The lowest BCUT2D eigenvalue weighted by atomic mass is 9.80. The minimum Gasteiger partial charge on any atom is -0.453 e. The summed E-state index contributed by atoms with van der Waals surface area (Å²) in [4.78, 5) is 11.4. The van der Waals surface area contributed by atoms with Gasteiger partial charge in [0.1, 0.15) is 0 Å². The van der Waals surface area contributed by atoms with Crippen molar-refractivity contribution in [3.63, 3.8) is 0 Å². The summed E-state index contributed by atoms with van der Waals surface area (Å²) >= 11 is 0. The third kappa shape index (κ3) is 6.31. The molecule has 26 heavy (non-hydrogen) atoms. The standard InChI is InChI=1S/C22H35NO3/c1-4-7-21(16-23-22(24)25-3)20-12-11-18-14-17(8-6-13-26-5-2)9-10-19(18)15-20/h11-12,15,17,21H,4-10,13-14,16H2,1-3H3,(H,23,24). The molecule has 2 atom stereocenters. The number of carbonyl (C=O) groups is 1. The van der Waals surface area contributed by atoms with Crippen molar-refractivity contribution in [1.82, 2.24) is 5.32 Å². The summed E-state index contributed by atoms with van der Waals surface area (Å²) < 4.78 is 10.2. The van der Waals surface area contributed by atoms with E-state index in [1.807, 2.05) is 0 Å². The van der Waals surface area contributed by atoms with Crippen molar-refractivity contribution >= 4 is 6.09 Å². The molecular formula is C22H35NO3. The molecule has 0 saturated heterocycles. The molecule has 1 aliphatic carbocycles. The van der Waals surface area contributed by atoms with Crippen LogP contribution in [0.1, 0.15) is 68.6 Å². The van der Waals surface area contributed by atoms with Crippen molar-refractivity contribution in [1.29, 1.82) is 0 Å². The summed E-state index contributed by atoms with van der Waals surface area (Å²) in [5.41, 5.74) is 4.36. The fraction of sp³-hybridized carbons (Fsp3) is 0.682. The van der Waals surface area contributed by atoms with Crippen molar-refractivity contribution in [2.45, 2.75) is 64.7 Å². The smallest absolute Gasteiger partial charge is 0.406 e. The van der Waals surface area contributed by atoms with Gasteiger partial charge in [-0.15, -0.1) is 0 Å². The first-order chi connectivity index (χ1) is 12.7. The monoisotopic (exact) mass is 361 g/mol. The molecule has 2 rings (SSSR count). The molecule has 4 nitrogen and oxygen atoms in total. The van der Waals surface area contributed by atoms with Crippen LogP contribution in [0, 0.1) is 5.92 Å². The van der Waals surface area contributed by atoms with Gasteiger partial charge in [0.2, 0.25) is 0 Å². The Bertz CT molecular complexity index is 558. The normalized spacial score (nSPS) is 17.4. The molecule has 0 saturated carbocycles. The van der Waals surface area contributed by atoms with Crippen molar-refractivity contribution in [3.05, 3.63) is 34.9 Å². The summed E-state index contributed by atoms with van der Waals surface area (Å²) in [5, 5.41) is 2.86. The SMILES string of the molecule is CCCC(CNC(=O)OC)c1ccc2c(c1)CCC(CCCOCC)C2. The summed E-state index contributed by atoms with van der Waals surface area (Å²) in [6, 6.07) is 6.96. The molecule has 1 aliphatic rings. The Morgan fingerprint density at radius 3 is 2.88 bits per heavy atom. The molecule has 2 unspecified atom stereocenters. The average Bonchev–Trinajstić information content (AvgIpc) is 2.67. The van der Waals surface area contributed by atoms with Crippen LogP contribution < -0.4 is 5.32 Å². The van der Waals surface area contributed by atoms with Crippen LogP contribution in [0.2, 0.25) is 0 Å². The first-order valence-corrected chi connectivity index (χ1v) is 10.2. The van der Waals surface area contributed by atoms with Gasteiger partial charge in [0.05, 0.1) is 7.11 Å². The molecule has 0 radical (unpaired) electrons. The van der Waals surface area contributed by atoms with Gasteiger partial charge < -0.3 is 14.8 Å². The highest BCUT2D eigenvalue weighted by Crippen LogP contribution is 2.31. The second-order valence-corrected chi connectivity index (χ2v) is 7.33. The van der Waals surface area contributed by atoms with Gasteiger partial charge in [-0.1, -0.05) is 31.5 Å². The molecule has 0 heterocycles. The zero-order chi connectivity index (χ0) is 18.8. The Morgan fingerprint density at radius 2 is 2.15 bits per heavy atom. The van der Waals surface area contributed by atoms with Crippen LogP contribution in [-0.4, -0.2) is 33.0 Å². The second-order valence-electron chi connectivity index (χ2n) is 7.33. The van der Waals surface area contributed by atoms with E-state index in [0.29, 0.717) is 12.5 Å². The van der Waals surface area contributed by atoms with Gasteiger partial charge in [0, 0.05) is 25.7 Å². The predicted octanol–water partition coefficient (Wildman–Crippen LogP) is 4.85. The van der Waals surface area contributed by atoms with Gasteiger partial charge in [0.15, 0.2) is 0 Å². The number of rotatable bonds is 10. The maximum Gasteiger partial charge on any atom is 0.406 e. The zero-order valence-corrected chi connectivity index (χ0v) is 16.7. The lowest BCUT2D eigenvalue weighted by molar-refractivity contribution is 0.138. The highest BCUT2D eigenvalue weighted by molar-refractivity contribution is 5.66. The van der Waals surface area contributed by atoms with E-state index in [9.17, 15) is 4.79 Å². The highest BCUT2D eigenvalue weighted by Gasteiger charge is 2.20. The van der Waals surface area contributed by atoms with Crippen molar-refractivity contribution in [3.8, 4) is 0 Å². The Hall–Kier alpha value is -1.55. The number of hydrogen-bond acceptors (Lipinski definition) is 3. The molecule has 0 aromatic heterocycles. The molecule has 0 aliphatic heterocycles. The number of benzene rings is 1. The van der Waals surface area contributed by atoms with E-state index >= 15 is 0 Å². The van der Waals surface area contributed by atoms with Crippen molar-refractivity contribution in [2.24, 2.45) is 5.92 Å². The Labute approximate surface area is 158 Å². The van der Waals surface area contributed by atoms with Crippen LogP contribution in [0.4, 0.5) is 4.79 Å². The number of aryl methyl sites for hydroxylation is 1. The fourth-order valence-corrected chi connectivity index (χ4v) is 3.98. The van der Waals surface area contributed by atoms with Crippen LogP contribution in [0.3, 0.4) is 0 Å². The number of methoxy groups -OCH3 is 1. The quantitative estimate of drug-likeness (QED) is 0.606. The summed E-state index contributed by atoms with van der Waals surface area (Å²) in [5.74, 6) is 1.15. The van der Waals surface area contributed by atoms with E-state index in [1.165, 1.54) is 55.9 Å². The molecule has 0 fully saturated rings. The topological polar surface area (TPSA) is 47.6 Å². The summed E-state index contributed by atoms with van der Waals surface area (Å²) in [7, 11) is 1.41. The van der Waals surface area contributed by atoms with E-state index < -0.39 is 0 Å². The zero-order valence-electron chi connectivity index (χ0n) is 16.7. The van der Waals surface area contributed by atoms with Crippen molar-refractivity contribution in [2.75, 3.05) is 26.9 Å². The van der Waals surface area contributed by atoms with Gasteiger partial charge in [-0.05, 0) is 68.1 Å². The maximum atomic E-state index is 11.4. The van der Waals surface area contributed by atoms with Gasteiger partial charge in [-0.3, -0.25) is 0 Å². The van der Waals surface area contributed by atoms with Crippen molar-refractivity contribution < 1.29 is 14.3 Å². The third-order valence-corrected chi connectivity index (χ3v) is 5.45. The molecule has 0 bridgehead atoms. The first-order valence-electron chi connectivity index (χ1n) is 10.2. The average molecular weight is 362 g/mol. The molecule has 1 amide bonds. The minimum absolute atomic E-state index is 0.348. The number of hydrogen-bond donors (Lipinski definition) is 1. The lowest BCUT2D eigenvalue weighted by Gasteiger charge is -2.26. The van der Waals surface area contributed by atoms with Gasteiger partial charge in [-0.25, -0.2) is 4.79 Å². The molecule has 0 spiro atoms. The van der Waals surface area contributed by atoms with Crippen LogP contribution in [0.15, 0.2) is 18.2 Å². The largest absolute Gasteiger partial charge is 0.453 e. The number of ether oxygens (including phenoxy) is 2. The molecule has 146 valence electrons. The van der Waals surface area contributed by atoms with Crippen LogP contribution >= 0.6 is 0 Å². The summed E-state index contributed by atoms with van der Waals surface area (Å²) in [6.07, 6.45) is 7.91. The predicted molar refractivity (Wildman–Crippen MR) is 106 cm³/mol. The van der Waals surface area contributed by atoms with Gasteiger partial charge >= 0.3 is 6.09 Å². The number of fused-ring (bicyclic) bond motifs is 1. The van der Waals surface area contributed by atoms with Gasteiger partial charge in [0.25, 0.3) is 0 Å². The Balaban J connectivity index is 1.95. The van der Waals surface area contributed by atoms with Crippen LogP contribution in [0.5, 0.6) is 0 Å². The molecule has 1 aromatic carbocycles. The molecule has 4 heteroatoms. The molecular weight excluding hydrogens is 326 g/mol. The minimum atomic E-state index is -0.348. The first kappa shape index (κ1) is 20.8. The van der Waals surface area contributed by atoms with E-state index in [4.69, 9.17) is 9.47 Å². The Kier molecular flexibility index (Phi) is 8.96. The fourth-order valence-electron chi connectivity index (χ4n) is 3.98.